The lowest BCUT2D eigenvalue weighted by atomic mass is 10.1. The fraction of sp³-hybridized carbons (Fsp3) is 0.294. The molecule has 0 atom stereocenters. The normalized spacial score (nSPS) is 10.4. The zero-order valence-electron chi connectivity index (χ0n) is 12.1. The molecule has 1 aromatic heterocycles. The van der Waals surface area contributed by atoms with Gasteiger partial charge < -0.3 is 4.90 Å². The Bertz CT molecular complexity index is 586. The van der Waals surface area contributed by atoms with Gasteiger partial charge in [0.25, 0.3) is 0 Å². The van der Waals surface area contributed by atoms with Crippen molar-refractivity contribution in [2.24, 2.45) is 0 Å². The summed E-state index contributed by atoms with van der Waals surface area (Å²) in [5.41, 5.74) is 1.86. The first kappa shape index (κ1) is 15.2. The number of nitrogens with zero attached hydrogens (tertiary/aromatic N) is 2. The number of aryl methyl sites for hydroxylation is 1. The van der Waals surface area contributed by atoms with Crippen LogP contribution >= 0.6 is 0 Å². The number of hydrogen-bond donors (Lipinski definition) is 0. The van der Waals surface area contributed by atoms with Crippen LogP contribution in [-0.2, 0) is 17.8 Å². The van der Waals surface area contributed by atoms with Crippen LogP contribution in [0, 0.1) is 5.82 Å². The maximum absolute atomic E-state index is 13.2. The summed E-state index contributed by atoms with van der Waals surface area (Å²) in [5.74, 6) is -0.197. The highest BCUT2D eigenvalue weighted by atomic mass is 19.1. The predicted molar refractivity (Wildman–Crippen MR) is 80.0 cm³/mol. The molecule has 0 bridgehead atoms. The second-order valence-corrected chi connectivity index (χ2v) is 4.90. The van der Waals surface area contributed by atoms with Gasteiger partial charge in [0.1, 0.15) is 5.82 Å². The highest BCUT2D eigenvalue weighted by molar-refractivity contribution is 5.76. The maximum atomic E-state index is 13.2. The van der Waals surface area contributed by atoms with Gasteiger partial charge in [0.2, 0.25) is 5.91 Å². The summed E-state index contributed by atoms with van der Waals surface area (Å²) in [6.45, 7) is 2.99. The minimum absolute atomic E-state index is 0.0746. The van der Waals surface area contributed by atoms with E-state index in [1.165, 1.54) is 12.1 Å². The molecule has 0 aliphatic rings. The Kier molecular flexibility index (Phi) is 5.43. The molecular weight excluding hydrogens is 267 g/mol. The molecule has 2 aromatic rings. The smallest absolute Gasteiger partial charge is 0.223 e. The van der Waals surface area contributed by atoms with Gasteiger partial charge in [0.15, 0.2) is 0 Å². The summed E-state index contributed by atoms with van der Waals surface area (Å²) in [6.07, 6.45) is 4.60. The average Bonchev–Trinajstić information content (AvgIpc) is 2.51. The summed E-state index contributed by atoms with van der Waals surface area (Å²) in [5, 5.41) is 0. The van der Waals surface area contributed by atoms with Crippen LogP contribution in [0.25, 0.3) is 0 Å². The SMILES string of the molecule is CCN(Cc1cccc(F)c1)C(=O)CCc1cccnc1. The summed E-state index contributed by atoms with van der Waals surface area (Å²) < 4.78 is 13.2. The Morgan fingerprint density at radius 3 is 2.71 bits per heavy atom. The van der Waals surface area contributed by atoms with Gasteiger partial charge in [-0.2, -0.15) is 0 Å². The Morgan fingerprint density at radius 2 is 2.05 bits per heavy atom. The van der Waals surface area contributed by atoms with Crippen molar-refractivity contribution in [1.29, 1.82) is 0 Å². The number of halogens is 1. The predicted octanol–water partition coefficient (Wildman–Crippen LogP) is 3.20. The van der Waals surface area contributed by atoms with Crippen LogP contribution in [0.5, 0.6) is 0 Å². The molecule has 110 valence electrons. The number of amides is 1. The largest absolute Gasteiger partial charge is 0.339 e. The number of rotatable bonds is 6. The van der Waals surface area contributed by atoms with Crippen molar-refractivity contribution < 1.29 is 9.18 Å². The van der Waals surface area contributed by atoms with E-state index in [-0.39, 0.29) is 11.7 Å². The van der Waals surface area contributed by atoms with E-state index in [4.69, 9.17) is 0 Å². The molecule has 2 rings (SSSR count). The van der Waals surface area contributed by atoms with E-state index >= 15 is 0 Å². The van der Waals surface area contributed by atoms with E-state index in [0.29, 0.717) is 25.9 Å². The third kappa shape index (κ3) is 4.67. The molecule has 3 nitrogen and oxygen atoms in total. The molecule has 0 aliphatic carbocycles. The molecule has 4 heteroatoms. The molecule has 0 unspecified atom stereocenters. The molecule has 0 saturated heterocycles. The quantitative estimate of drug-likeness (QED) is 0.817. The van der Waals surface area contributed by atoms with Crippen molar-refractivity contribution in [2.45, 2.75) is 26.3 Å². The van der Waals surface area contributed by atoms with Gasteiger partial charge >= 0.3 is 0 Å². The first-order chi connectivity index (χ1) is 10.2. The molecule has 0 saturated carbocycles. The lowest BCUT2D eigenvalue weighted by molar-refractivity contribution is -0.131. The summed E-state index contributed by atoms with van der Waals surface area (Å²) in [4.78, 5) is 18.0. The fourth-order valence-corrected chi connectivity index (χ4v) is 2.19. The summed E-state index contributed by atoms with van der Waals surface area (Å²) in [6, 6.07) is 10.2. The van der Waals surface area contributed by atoms with Gasteiger partial charge in [-0.05, 0) is 42.7 Å². The Labute approximate surface area is 124 Å². The highest BCUT2D eigenvalue weighted by Gasteiger charge is 2.12. The molecule has 1 aromatic carbocycles. The summed E-state index contributed by atoms with van der Waals surface area (Å²) >= 11 is 0. The lowest BCUT2D eigenvalue weighted by Gasteiger charge is -2.21. The van der Waals surface area contributed by atoms with Gasteiger partial charge in [-0.25, -0.2) is 4.39 Å². The molecule has 0 aliphatic heterocycles. The zero-order valence-corrected chi connectivity index (χ0v) is 12.1. The van der Waals surface area contributed by atoms with Gasteiger partial charge in [-0.1, -0.05) is 18.2 Å². The molecule has 1 heterocycles. The van der Waals surface area contributed by atoms with Crippen LogP contribution in [0.1, 0.15) is 24.5 Å². The monoisotopic (exact) mass is 286 g/mol. The third-order valence-corrected chi connectivity index (χ3v) is 3.35. The van der Waals surface area contributed by atoms with Crippen LogP contribution in [-0.4, -0.2) is 22.3 Å². The van der Waals surface area contributed by atoms with Crippen LogP contribution in [0.2, 0.25) is 0 Å². The molecule has 0 radical (unpaired) electrons. The summed E-state index contributed by atoms with van der Waals surface area (Å²) in [7, 11) is 0. The van der Waals surface area contributed by atoms with Crippen LogP contribution in [0.3, 0.4) is 0 Å². The van der Waals surface area contributed by atoms with Crippen molar-refractivity contribution in [2.75, 3.05) is 6.54 Å². The molecular formula is C17H19FN2O. The molecule has 0 fully saturated rings. The first-order valence-corrected chi connectivity index (χ1v) is 7.10. The van der Waals surface area contributed by atoms with E-state index in [1.54, 1.807) is 23.4 Å². The van der Waals surface area contributed by atoms with Crippen molar-refractivity contribution in [3.63, 3.8) is 0 Å². The van der Waals surface area contributed by atoms with Crippen molar-refractivity contribution in [3.05, 3.63) is 65.7 Å². The molecule has 0 spiro atoms. The van der Waals surface area contributed by atoms with Gasteiger partial charge in [-0.3, -0.25) is 9.78 Å². The first-order valence-electron chi connectivity index (χ1n) is 7.10. The van der Waals surface area contributed by atoms with Crippen molar-refractivity contribution >= 4 is 5.91 Å². The van der Waals surface area contributed by atoms with Gasteiger partial charge in [-0.15, -0.1) is 0 Å². The second-order valence-electron chi connectivity index (χ2n) is 4.90. The Hall–Kier alpha value is -2.23. The van der Waals surface area contributed by atoms with Gasteiger partial charge in [0.05, 0.1) is 0 Å². The van der Waals surface area contributed by atoms with Crippen molar-refractivity contribution in [3.8, 4) is 0 Å². The van der Waals surface area contributed by atoms with Crippen LogP contribution in [0.4, 0.5) is 4.39 Å². The Balaban J connectivity index is 1.92. The number of aromatic nitrogens is 1. The number of carbonyl (C=O) groups is 1. The van der Waals surface area contributed by atoms with E-state index in [1.807, 2.05) is 25.1 Å². The van der Waals surface area contributed by atoms with Crippen LogP contribution < -0.4 is 0 Å². The van der Waals surface area contributed by atoms with E-state index < -0.39 is 0 Å². The molecule has 21 heavy (non-hydrogen) atoms. The lowest BCUT2D eigenvalue weighted by Crippen LogP contribution is -2.30. The minimum atomic E-state index is -0.272. The molecule has 0 N–H and O–H groups in total. The van der Waals surface area contributed by atoms with E-state index in [2.05, 4.69) is 4.98 Å². The van der Waals surface area contributed by atoms with Crippen molar-refractivity contribution in [1.82, 2.24) is 9.88 Å². The number of benzene rings is 1. The molecule has 1 amide bonds. The topological polar surface area (TPSA) is 33.2 Å². The second kappa shape index (κ2) is 7.53. The average molecular weight is 286 g/mol. The van der Waals surface area contributed by atoms with E-state index in [0.717, 1.165) is 11.1 Å². The van der Waals surface area contributed by atoms with E-state index in [9.17, 15) is 9.18 Å². The maximum Gasteiger partial charge on any atom is 0.223 e. The zero-order chi connectivity index (χ0) is 15.1. The third-order valence-electron chi connectivity index (χ3n) is 3.35. The standard InChI is InChI=1S/C17H19FN2O/c1-2-20(13-15-5-3-7-16(18)11-15)17(21)9-8-14-6-4-10-19-12-14/h3-7,10-12H,2,8-9,13H2,1H3. The van der Waals surface area contributed by atoms with Gasteiger partial charge in [0, 0.05) is 31.9 Å². The Morgan fingerprint density at radius 1 is 1.24 bits per heavy atom. The van der Waals surface area contributed by atoms with Crippen LogP contribution in [0.15, 0.2) is 48.8 Å². The minimum Gasteiger partial charge on any atom is -0.339 e. The fourth-order valence-electron chi connectivity index (χ4n) is 2.19. The highest BCUT2D eigenvalue weighted by Crippen LogP contribution is 2.10. The number of hydrogen-bond acceptors (Lipinski definition) is 2. The number of carbonyl (C=O) groups excluding carboxylic acids is 1. The number of pyridine rings is 1.